The number of anilines is 1. The average Bonchev–Trinajstić information content (AvgIpc) is 2.79. The van der Waals surface area contributed by atoms with Crippen molar-refractivity contribution in [2.75, 3.05) is 25.0 Å². The van der Waals surface area contributed by atoms with Crippen LogP contribution in [0.15, 0.2) is 67.3 Å². The quantitative estimate of drug-likeness (QED) is 0.742. The number of nitrogens with zero attached hydrogens (tertiary/aromatic N) is 3. The van der Waals surface area contributed by atoms with Crippen molar-refractivity contribution in [3.8, 4) is 6.07 Å². The van der Waals surface area contributed by atoms with E-state index in [2.05, 4.69) is 18.0 Å². The van der Waals surface area contributed by atoms with Gasteiger partial charge in [-0.25, -0.2) is 4.79 Å². The summed E-state index contributed by atoms with van der Waals surface area (Å²) >= 11 is 0. The van der Waals surface area contributed by atoms with Crippen molar-refractivity contribution in [3.63, 3.8) is 0 Å². The number of hydrogen-bond acceptors (Lipinski definition) is 3. The second kappa shape index (κ2) is 10.3. The Morgan fingerprint density at radius 2 is 1.93 bits per heavy atom. The molecular formula is C24H26N4O2. The second-order valence-electron chi connectivity index (χ2n) is 7.40. The molecule has 30 heavy (non-hydrogen) atoms. The lowest BCUT2D eigenvalue weighted by molar-refractivity contribution is -0.137. The molecule has 2 aromatic carbocycles. The number of nitriles is 1. The predicted octanol–water partition coefficient (Wildman–Crippen LogP) is 4.02. The van der Waals surface area contributed by atoms with Crippen LogP contribution in [0, 0.1) is 17.2 Å². The van der Waals surface area contributed by atoms with Gasteiger partial charge in [0.25, 0.3) is 0 Å². The number of urea groups is 1. The Morgan fingerprint density at radius 3 is 2.60 bits per heavy atom. The molecule has 0 aliphatic carbocycles. The summed E-state index contributed by atoms with van der Waals surface area (Å²) in [6, 6.07) is 18.5. The minimum Gasteiger partial charge on any atom is -0.334 e. The van der Waals surface area contributed by atoms with Crippen LogP contribution in [0.4, 0.5) is 10.5 Å². The summed E-state index contributed by atoms with van der Waals surface area (Å²) < 4.78 is 0. The van der Waals surface area contributed by atoms with Crippen LogP contribution in [0.25, 0.3) is 0 Å². The van der Waals surface area contributed by atoms with Gasteiger partial charge in [0.1, 0.15) is 0 Å². The number of piperidine rings is 1. The molecule has 6 nitrogen and oxygen atoms in total. The molecule has 154 valence electrons. The fourth-order valence-corrected chi connectivity index (χ4v) is 3.64. The van der Waals surface area contributed by atoms with Gasteiger partial charge in [-0.1, -0.05) is 36.4 Å². The van der Waals surface area contributed by atoms with E-state index in [9.17, 15) is 9.59 Å². The van der Waals surface area contributed by atoms with E-state index >= 15 is 0 Å². The molecule has 0 saturated carbocycles. The van der Waals surface area contributed by atoms with E-state index < -0.39 is 0 Å². The van der Waals surface area contributed by atoms with Crippen molar-refractivity contribution in [3.05, 3.63) is 78.4 Å². The van der Waals surface area contributed by atoms with Crippen molar-refractivity contribution >= 4 is 17.6 Å². The van der Waals surface area contributed by atoms with Crippen LogP contribution >= 0.6 is 0 Å². The van der Waals surface area contributed by atoms with E-state index in [0.29, 0.717) is 31.7 Å². The first-order valence-corrected chi connectivity index (χ1v) is 10.1. The maximum Gasteiger partial charge on any atom is 0.321 e. The fraction of sp³-hybridized carbons (Fsp3) is 0.292. The number of amides is 3. The molecule has 1 unspecified atom stereocenters. The van der Waals surface area contributed by atoms with E-state index in [-0.39, 0.29) is 17.9 Å². The molecule has 3 amide bonds. The van der Waals surface area contributed by atoms with Crippen LogP contribution in [0.1, 0.15) is 24.0 Å². The summed E-state index contributed by atoms with van der Waals surface area (Å²) in [6.45, 7) is 5.70. The van der Waals surface area contributed by atoms with Gasteiger partial charge < -0.3 is 15.1 Å². The number of benzene rings is 2. The van der Waals surface area contributed by atoms with E-state index in [1.807, 2.05) is 42.5 Å². The van der Waals surface area contributed by atoms with Gasteiger partial charge in [-0.3, -0.25) is 4.79 Å². The summed E-state index contributed by atoms with van der Waals surface area (Å²) in [5.41, 5.74) is 2.29. The molecule has 0 radical (unpaired) electrons. The standard InChI is InChI=1S/C24H26N4O2/c1-2-14-27(17-20-12-10-19(16-25)11-13-20)23(29)21-7-6-15-28(18-21)24(30)26-22-8-4-3-5-9-22/h2-5,8-13,21H,1,6-7,14-15,17-18H2,(H,26,30). The third-order valence-corrected chi connectivity index (χ3v) is 5.20. The second-order valence-corrected chi connectivity index (χ2v) is 7.40. The predicted molar refractivity (Wildman–Crippen MR) is 117 cm³/mol. The van der Waals surface area contributed by atoms with Crippen LogP contribution in [-0.2, 0) is 11.3 Å². The van der Waals surface area contributed by atoms with Crippen molar-refractivity contribution in [2.45, 2.75) is 19.4 Å². The Hall–Kier alpha value is -3.59. The molecule has 1 atom stereocenters. The van der Waals surface area contributed by atoms with E-state index in [0.717, 1.165) is 24.1 Å². The van der Waals surface area contributed by atoms with Crippen LogP contribution in [-0.4, -0.2) is 41.4 Å². The maximum atomic E-state index is 13.2. The third kappa shape index (κ3) is 5.48. The van der Waals surface area contributed by atoms with E-state index in [1.54, 1.807) is 28.0 Å². The highest BCUT2D eigenvalue weighted by atomic mass is 16.2. The molecule has 1 heterocycles. The molecule has 0 aromatic heterocycles. The molecule has 3 rings (SSSR count). The van der Waals surface area contributed by atoms with E-state index in [1.165, 1.54) is 0 Å². The van der Waals surface area contributed by atoms with Crippen molar-refractivity contribution < 1.29 is 9.59 Å². The molecule has 1 aliphatic heterocycles. The zero-order chi connectivity index (χ0) is 21.3. The molecule has 2 aromatic rings. The number of carbonyl (C=O) groups excluding carboxylic acids is 2. The molecule has 6 heteroatoms. The molecule has 1 N–H and O–H groups in total. The molecule has 1 fully saturated rings. The zero-order valence-electron chi connectivity index (χ0n) is 17.0. The summed E-state index contributed by atoms with van der Waals surface area (Å²) in [6.07, 6.45) is 3.26. The summed E-state index contributed by atoms with van der Waals surface area (Å²) in [5.74, 6) is -0.213. The van der Waals surface area contributed by atoms with Crippen LogP contribution in [0.2, 0.25) is 0 Å². The van der Waals surface area contributed by atoms with Gasteiger partial charge in [0.05, 0.1) is 17.6 Å². The number of para-hydroxylation sites is 1. The number of likely N-dealkylation sites (tertiary alicyclic amines) is 1. The summed E-state index contributed by atoms with van der Waals surface area (Å²) in [7, 11) is 0. The topological polar surface area (TPSA) is 76.4 Å². The van der Waals surface area contributed by atoms with Gasteiger partial charge in [0.2, 0.25) is 5.91 Å². The van der Waals surface area contributed by atoms with Gasteiger partial charge >= 0.3 is 6.03 Å². The van der Waals surface area contributed by atoms with Crippen molar-refractivity contribution in [1.29, 1.82) is 5.26 Å². The minimum atomic E-state index is -0.237. The SMILES string of the molecule is C=CCN(Cc1ccc(C#N)cc1)C(=O)C1CCCN(C(=O)Nc2ccccc2)C1. The Labute approximate surface area is 177 Å². The Kier molecular flexibility index (Phi) is 7.23. The first kappa shape index (κ1) is 21.1. The largest absolute Gasteiger partial charge is 0.334 e. The number of nitrogens with one attached hydrogen (secondary N) is 1. The smallest absolute Gasteiger partial charge is 0.321 e. The molecule has 1 aliphatic rings. The number of hydrogen-bond donors (Lipinski definition) is 1. The fourth-order valence-electron chi connectivity index (χ4n) is 3.64. The molecule has 0 spiro atoms. The van der Waals surface area contributed by atoms with E-state index in [4.69, 9.17) is 5.26 Å². The number of carbonyl (C=O) groups is 2. The monoisotopic (exact) mass is 402 g/mol. The normalized spacial score (nSPS) is 15.7. The highest BCUT2D eigenvalue weighted by Gasteiger charge is 2.31. The molecule has 1 saturated heterocycles. The minimum absolute atomic E-state index is 0.0245. The third-order valence-electron chi connectivity index (χ3n) is 5.20. The highest BCUT2D eigenvalue weighted by molar-refractivity contribution is 5.90. The Bertz CT molecular complexity index is 918. The van der Waals surface area contributed by atoms with Crippen LogP contribution < -0.4 is 5.32 Å². The first-order chi connectivity index (χ1) is 14.6. The number of rotatable bonds is 6. The molecular weight excluding hydrogens is 376 g/mol. The van der Waals surface area contributed by atoms with Crippen molar-refractivity contribution in [2.24, 2.45) is 5.92 Å². The Morgan fingerprint density at radius 1 is 1.20 bits per heavy atom. The van der Waals surface area contributed by atoms with Crippen LogP contribution in [0.5, 0.6) is 0 Å². The summed E-state index contributed by atoms with van der Waals surface area (Å²) in [4.78, 5) is 29.3. The Balaban J connectivity index is 1.64. The first-order valence-electron chi connectivity index (χ1n) is 10.1. The lowest BCUT2D eigenvalue weighted by atomic mass is 9.96. The average molecular weight is 402 g/mol. The maximum absolute atomic E-state index is 13.2. The lowest BCUT2D eigenvalue weighted by Crippen LogP contribution is -2.47. The summed E-state index contributed by atoms with van der Waals surface area (Å²) in [5, 5.41) is 11.8. The van der Waals surface area contributed by atoms with Gasteiger partial charge in [-0.05, 0) is 42.7 Å². The lowest BCUT2D eigenvalue weighted by Gasteiger charge is -2.34. The van der Waals surface area contributed by atoms with Gasteiger partial charge in [0, 0.05) is 31.9 Å². The van der Waals surface area contributed by atoms with Crippen molar-refractivity contribution in [1.82, 2.24) is 9.80 Å². The zero-order valence-corrected chi connectivity index (χ0v) is 17.0. The van der Waals surface area contributed by atoms with Crippen LogP contribution in [0.3, 0.4) is 0 Å². The molecule has 0 bridgehead atoms. The van der Waals surface area contributed by atoms with Gasteiger partial charge in [0.15, 0.2) is 0 Å². The highest BCUT2D eigenvalue weighted by Crippen LogP contribution is 2.21. The van der Waals surface area contributed by atoms with Gasteiger partial charge in [-0.15, -0.1) is 6.58 Å². The van der Waals surface area contributed by atoms with Gasteiger partial charge in [-0.2, -0.15) is 5.26 Å².